The molecule has 0 saturated carbocycles. The predicted molar refractivity (Wildman–Crippen MR) is 90.6 cm³/mol. The number of hydrogen-bond acceptors (Lipinski definition) is 5. The second kappa shape index (κ2) is 7.69. The summed E-state index contributed by atoms with van der Waals surface area (Å²) in [4.78, 5) is 26.4. The number of hydrogen-bond donors (Lipinski definition) is 1. The van der Waals surface area contributed by atoms with Crippen molar-refractivity contribution in [3.8, 4) is 0 Å². The van der Waals surface area contributed by atoms with Gasteiger partial charge in [0.1, 0.15) is 5.82 Å². The van der Waals surface area contributed by atoms with E-state index in [0.29, 0.717) is 43.4 Å². The minimum absolute atomic E-state index is 0.0657. The molecule has 1 fully saturated rings. The normalized spacial score (nSPS) is 14.3. The van der Waals surface area contributed by atoms with Crippen LogP contribution in [0.3, 0.4) is 0 Å². The van der Waals surface area contributed by atoms with Gasteiger partial charge in [0.15, 0.2) is 11.6 Å². The number of amides is 2. The van der Waals surface area contributed by atoms with Gasteiger partial charge in [-0.05, 0) is 23.8 Å². The van der Waals surface area contributed by atoms with Crippen molar-refractivity contribution >= 4 is 24.0 Å². The summed E-state index contributed by atoms with van der Waals surface area (Å²) in [7, 11) is 0. The molecule has 2 aromatic rings. The van der Waals surface area contributed by atoms with Gasteiger partial charge in [0.25, 0.3) is 0 Å². The van der Waals surface area contributed by atoms with Crippen LogP contribution in [0, 0.1) is 5.82 Å². The van der Waals surface area contributed by atoms with Crippen LogP contribution in [0.25, 0.3) is 0 Å². The summed E-state index contributed by atoms with van der Waals surface area (Å²) in [6, 6.07) is 9.58. The van der Waals surface area contributed by atoms with E-state index in [9.17, 15) is 14.0 Å². The molecule has 1 saturated heterocycles. The van der Waals surface area contributed by atoms with Gasteiger partial charge in [0.2, 0.25) is 12.3 Å². The van der Waals surface area contributed by atoms with Crippen LogP contribution in [0.1, 0.15) is 5.56 Å². The first kappa shape index (κ1) is 16.8. The van der Waals surface area contributed by atoms with Gasteiger partial charge < -0.3 is 15.1 Å². The Morgan fingerprint density at radius 3 is 2.52 bits per heavy atom. The van der Waals surface area contributed by atoms with Crippen LogP contribution in [0.5, 0.6) is 0 Å². The number of nitrogens with zero attached hydrogens (tertiary/aromatic N) is 4. The fourth-order valence-corrected chi connectivity index (χ4v) is 2.62. The van der Waals surface area contributed by atoms with E-state index in [0.717, 1.165) is 6.41 Å². The monoisotopic (exact) mass is 343 g/mol. The molecule has 0 bridgehead atoms. The van der Waals surface area contributed by atoms with E-state index >= 15 is 0 Å². The van der Waals surface area contributed by atoms with E-state index in [4.69, 9.17) is 0 Å². The second-order valence-electron chi connectivity index (χ2n) is 5.72. The van der Waals surface area contributed by atoms with Crippen LogP contribution in [0.15, 0.2) is 36.4 Å². The zero-order chi connectivity index (χ0) is 17.6. The summed E-state index contributed by atoms with van der Waals surface area (Å²) in [6.45, 7) is 2.66. The average Bonchev–Trinajstić information content (AvgIpc) is 2.64. The molecule has 7 nitrogen and oxygen atoms in total. The van der Waals surface area contributed by atoms with Crippen LogP contribution >= 0.6 is 0 Å². The Morgan fingerprint density at radius 2 is 1.88 bits per heavy atom. The number of halogens is 1. The summed E-state index contributed by atoms with van der Waals surface area (Å²) in [5, 5.41) is 10.7. The third-order valence-electron chi connectivity index (χ3n) is 4.01. The van der Waals surface area contributed by atoms with Gasteiger partial charge >= 0.3 is 0 Å². The lowest BCUT2D eigenvalue weighted by molar-refractivity contribution is -0.118. The molecule has 0 atom stereocenters. The third kappa shape index (κ3) is 4.28. The van der Waals surface area contributed by atoms with Gasteiger partial charge in [-0.2, -0.15) is 0 Å². The molecule has 1 aliphatic heterocycles. The molecule has 8 heteroatoms. The fourth-order valence-electron chi connectivity index (χ4n) is 2.62. The lowest BCUT2D eigenvalue weighted by atomic mass is 10.1. The Labute approximate surface area is 144 Å². The first-order valence-electron chi connectivity index (χ1n) is 7.97. The average molecular weight is 343 g/mol. The van der Waals surface area contributed by atoms with Gasteiger partial charge in [0, 0.05) is 26.2 Å². The molecule has 2 amide bonds. The van der Waals surface area contributed by atoms with Gasteiger partial charge in [-0.1, -0.05) is 18.2 Å². The van der Waals surface area contributed by atoms with Gasteiger partial charge in [-0.3, -0.25) is 9.59 Å². The van der Waals surface area contributed by atoms with Crippen molar-refractivity contribution in [2.45, 2.75) is 6.42 Å². The van der Waals surface area contributed by atoms with Crippen molar-refractivity contribution in [1.82, 2.24) is 15.1 Å². The lowest BCUT2D eigenvalue weighted by Gasteiger charge is -2.32. The zero-order valence-electron chi connectivity index (χ0n) is 13.6. The number of piperazine rings is 1. The van der Waals surface area contributed by atoms with Gasteiger partial charge in [-0.15, -0.1) is 10.2 Å². The second-order valence-corrected chi connectivity index (χ2v) is 5.72. The Morgan fingerprint density at radius 1 is 1.12 bits per heavy atom. The Balaban J connectivity index is 1.56. The molecule has 130 valence electrons. The summed E-state index contributed by atoms with van der Waals surface area (Å²) in [6.07, 6.45) is 0.779. The number of benzene rings is 1. The number of carbonyl (C=O) groups excluding carboxylic acids is 2. The SMILES string of the molecule is O=CN1CCN(c2ccc(NC(=O)Cc3ccccc3F)nn2)CC1. The molecule has 1 aliphatic rings. The zero-order valence-corrected chi connectivity index (χ0v) is 13.6. The van der Waals surface area contributed by atoms with E-state index in [2.05, 4.69) is 15.5 Å². The molecule has 2 heterocycles. The number of nitrogens with one attached hydrogen (secondary N) is 1. The summed E-state index contributed by atoms with van der Waals surface area (Å²) in [5.74, 6) is 0.245. The highest BCUT2D eigenvalue weighted by atomic mass is 19.1. The van der Waals surface area contributed by atoms with Crippen LogP contribution in [0.4, 0.5) is 16.0 Å². The molecular weight excluding hydrogens is 325 g/mol. The largest absolute Gasteiger partial charge is 0.352 e. The van der Waals surface area contributed by atoms with Crippen LogP contribution in [0.2, 0.25) is 0 Å². The quantitative estimate of drug-likeness (QED) is 0.822. The van der Waals surface area contributed by atoms with Crippen molar-refractivity contribution in [2.24, 2.45) is 0 Å². The van der Waals surface area contributed by atoms with Crippen LogP contribution in [-0.4, -0.2) is 53.6 Å². The van der Waals surface area contributed by atoms with E-state index in [1.807, 2.05) is 4.90 Å². The van der Waals surface area contributed by atoms with Gasteiger partial charge in [-0.25, -0.2) is 4.39 Å². The first-order valence-corrected chi connectivity index (χ1v) is 7.97. The van der Waals surface area contributed by atoms with Crippen molar-refractivity contribution in [2.75, 3.05) is 36.4 Å². The minimum Gasteiger partial charge on any atom is -0.352 e. The number of aromatic nitrogens is 2. The van der Waals surface area contributed by atoms with E-state index in [-0.39, 0.29) is 12.3 Å². The Bertz CT molecular complexity index is 745. The van der Waals surface area contributed by atoms with Crippen molar-refractivity contribution < 1.29 is 14.0 Å². The number of rotatable bonds is 5. The van der Waals surface area contributed by atoms with E-state index < -0.39 is 5.82 Å². The smallest absolute Gasteiger partial charge is 0.230 e. The molecular formula is C17H18FN5O2. The summed E-state index contributed by atoms with van der Waals surface area (Å²) in [5.41, 5.74) is 0.331. The molecule has 0 radical (unpaired) electrons. The molecule has 0 spiro atoms. The molecule has 1 N–H and O–H groups in total. The minimum atomic E-state index is -0.409. The van der Waals surface area contributed by atoms with E-state index in [1.165, 1.54) is 6.07 Å². The maximum Gasteiger partial charge on any atom is 0.230 e. The van der Waals surface area contributed by atoms with Crippen molar-refractivity contribution in [3.63, 3.8) is 0 Å². The Hall–Kier alpha value is -3.03. The molecule has 3 rings (SSSR count). The van der Waals surface area contributed by atoms with Crippen LogP contribution in [-0.2, 0) is 16.0 Å². The highest BCUT2D eigenvalue weighted by Crippen LogP contribution is 2.14. The molecule has 0 unspecified atom stereocenters. The van der Waals surface area contributed by atoms with Crippen LogP contribution < -0.4 is 10.2 Å². The third-order valence-corrected chi connectivity index (χ3v) is 4.01. The maximum atomic E-state index is 13.6. The molecule has 0 aliphatic carbocycles. The molecule has 25 heavy (non-hydrogen) atoms. The summed E-state index contributed by atoms with van der Waals surface area (Å²) < 4.78 is 13.6. The number of anilines is 2. The maximum absolute atomic E-state index is 13.6. The van der Waals surface area contributed by atoms with E-state index in [1.54, 1.807) is 35.2 Å². The van der Waals surface area contributed by atoms with Gasteiger partial charge in [0.05, 0.1) is 6.42 Å². The lowest BCUT2D eigenvalue weighted by Crippen LogP contribution is -2.46. The highest BCUT2D eigenvalue weighted by Gasteiger charge is 2.17. The highest BCUT2D eigenvalue weighted by molar-refractivity contribution is 5.91. The number of carbonyl (C=O) groups is 2. The summed E-state index contributed by atoms with van der Waals surface area (Å²) >= 11 is 0. The topological polar surface area (TPSA) is 78.4 Å². The molecule has 1 aromatic carbocycles. The standard InChI is InChI=1S/C17H18FN5O2/c18-14-4-2-1-3-13(14)11-17(25)19-15-5-6-16(21-20-15)23-9-7-22(12-24)8-10-23/h1-6,12H,7-11H2,(H,19,20,25). The predicted octanol–water partition coefficient (Wildman–Crippen LogP) is 1.08. The first-order chi connectivity index (χ1) is 12.2. The molecule has 1 aromatic heterocycles. The van der Waals surface area contributed by atoms with Crippen molar-refractivity contribution in [1.29, 1.82) is 0 Å². The van der Waals surface area contributed by atoms with Crippen molar-refractivity contribution in [3.05, 3.63) is 47.8 Å². The Kier molecular flexibility index (Phi) is 5.17. The fraction of sp³-hybridized carbons (Fsp3) is 0.294.